The second-order valence-electron chi connectivity index (χ2n) is 4.29. The Bertz CT molecular complexity index is 302. The van der Waals surface area contributed by atoms with Crippen molar-refractivity contribution >= 4 is 0 Å². The van der Waals surface area contributed by atoms with Crippen molar-refractivity contribution in [2.75, 3.05) is 26.2 Å². The van der Waals surface area contributed by atoms with E-state index in [1.807, 2.05) is 0 Å². The summed E-state index contributed by atoms with van der Waals surface area (Å²) in [5, 5.41) is 0. The summed E-state index contributed by atoms with van der Waals surface area (Å²) < 4.78 is 5.65. The van der Waals surface area contributed by atoms with Gasteiger partial charge in [-0.2, -0.15) is 0 Å². The largest absolute Gasteiger partial charge is 0.376 e. The van der Waals surface area contributed by atoms with E-state index in [2.05, 4.69) is 35.2 Å². The maximum Gasteiger partial charge on any atom is 0.0714 e. The zero-order valence-electron chi connectivity index (χ0n) is 9.64. The Morgan fingerprint density at radius 3 is 2.88 bits per heavy atom. The number of hydrogen-bond donors (Lipinski definition) is 1. The van der Waals surface area contributed by atoms with Gasteiger partial charge in [0.1, 0.15) is 0 Å². The summed E-state index contributed by atoms with van der Waals surface area (Å²) in [6.45, 7) is 4.50. The van der Waals surface area contributed by atoms with Crippen molar-refractivity contribution < 1.29 is 4.74 Å². The monoisotopic (exact) mass is 220 g/mol. The highest BCUT2D eigenvalue weighted by Crippen LogP contribution is 2.15. The predicted octanol–water partition coefficient (Wildman–Crippen LogP) is 1.24. The lowest BCUT2D eigenvalue weighted by Gasteiger charge is -2.16. The third-order valence-corrected chi connectivity index (χ3v) is 2.95. The maximum absolute atomic E-state index is 5.65. The van der Waals surface area contributed by atoms with E-state index >= 15 is 0 Å². The summed E-state index contributed by atoms with van der Waals surface area (Å²) in [6, 6.07) is 10.6. The zero-order chi connectivity index (χ0) is 11.2. The first kappa shape index (κ1) is 11.6. The molecule has 1 aliphatic heterocycles. The second kappa shape index (κ2) is 5.99. The molecule has 0 spiro atoms. The fraction of sp³-hybridized carbons (Fsp3) is 0.538. The lowest BCUT2D eigenvalue weighted by molar-refractivity contribution is 0.0641. The normalized spacial score (nSPS) is 21.4. The highest BCUT2D eigenvalue weighted by Gasteiger charge is 2.22. The van der Waals surface area contributed by atoms with Crippen molar-refractivity contribution in [1.82, 2.24) is 4.90 Å². The minimum absolute atomic E-state index is 0.382. The Kier molecular flexibility index (Phi) is 4.34. The van der Waals surface area contributed by atoms with Gasteiger partial charge in [-0.05, 0) is 12.0 Å². The lowest BCUT2D eigenvalue weighted by Crippen LogP contribution is -2.24. The van der Waals surface area contributed by atoms with Crippen LogP contribution in [-0.4, -0.2) is 37.2 Å². The molecule has 88 valence electrons. The molecule has 1 heterocycles. The number of hydrogen-bond acceptors (Lipinski definition) is 3. The topological polar surface area (TPSA) is 38.5 Å². The Morgan fingerprint density at radius 1 is 1.31 bits per heavy atom. The van der Waals surface area contributed by atoms with Crippen LogP contribution in [0.25, 0.3) is 0 Å². The number of benzene rings is 1. The molecule has 0 saturated carbocycles. The number of rotatable bonds is 5. The molecule has 3 heteroatoms. The summed E-state index contributed by atoms with van der Waals surface area (Å²) in [5.74, 6) is 0. The smallest absolute Gasteiger partial charge is 0.0714 e. The summed E-state index contributed by atoms with van der Waals surface area (Å²) >= 11 is 0. The molecule has 0 bridgehead atoms. The Balaban J connectivity index is 1.76. The number of ether oxygens (including phenoxy) is 1. The standard InChI is InChI=1S/C13H20N2O/c14-7-9-16-13-6-8-15(11-13)10-12-4-2-1-3-5-12/h1-5,13H,6-11,14H2/t13-/m0/s1. The molecule has 16 heavy (non-hydrogen) atoms. The van der Waals surface area contributed by atoms with E-state index in [1.165, 1.54) is 5.56 Å². The third-order valence-electron chi connectivity index (χ3n) is 2.95. The molecule has 0 aromatic heterocycles. The molecule has 3 nitrogen and oxygen atoms in total. The first-order valence-corrected chi connectivity index (χ1v) is 5.96. The molecule has 2 N–H and O–H groups in total. The molecule has 1 aromatic carbocycles. The number of likely N-dealkylation sites (tertiary alicyclic amines) is 1. The van der Waals surface area contributed by atoms with Gasteiger partial charge in [-0.3, -0.25) is 4.90 Å². The van der Waals surface area contributed by atoms with Gasteiger partial charge in [0.25, 0.3) is 0 Å². The van der Waals surface area contributed by atoms with Crippen LogP contribution in [-0.2, 0) is 11.3 Å². The van der Waals surface area contributed by atoms with Gasteiger partial charge in [0.15, 0.2) is 0 Å². The molecule has 2 rings (SSSR count). The van der Waals surface area contributed by atoms with Crippen LogP contribution in [0, 0.1) is 0 Å². The van der Waals surface area contributed by atoms with E-state index in [0.717, 1.165) is 26.1 Å². The maximum atomic E-state index is 5.65. The van der Waals surface area contributed by atoms with Gasteiger partial charge in [0.2, 0.25) is 0 Å². The Labute approximate surface area is 97.2 Å². The first-order valence-electron chi connectivity index (χ1n) is 5.96. The van der Waals surface area contributed by atoms with E-state index in [-0.39, 0.29) is 0 Å². The van der Waals surface area contributed by atoms with Crippen LogP contribution in [0.1, 0.15) is 12.0 Å². The van der Waals surface area contributed by atoms with Crippen LogP contribution < -0.4 is 5.73 Å². The van der Waals surface area contributed by atoms with Crippen molar-refractivity contribution in [1.29, 1.82) is 0 Å². The number of nitrogens with zero attached hydrogens (tertiary/aromatic N) is 1. The molecule has 1 fully saturated rings. The molecule has 1 atom stereocenters. The van der Waals surface area contributed by atoms with Gasteiger partial charge in [0, 0.05) is 26.2 Å². The van der Waals surface area contributed by atoms with Crippen LogP contribution in [0.3, 0.4) is 0 Å². The van der Waals surface area contributed by atoms with E-state index in [0.29, 0.717) is 19.3 Å². The summed E-state index contributed by atoms with van der Waals surface area (Å²) in [5.41, 5.74) is 6.80. The molecular weight excluding hydrogens is 200 g/mol. The van der Waals surface area contributed by atoms with E-state index in [4.69, 9.17) is 10.5 Å². The zero-order valence-corrected chi connectivity index (χ0v) is 9.64. The van der Waals surface area contributed by atoms with Crippen LogP contribution >= 0.6 is 0 Å². The van der Waals surface area contributed by atoms with Gasteiger partial charge in [-0.15, -0.1) is 0 Å². The minimum Gasteiger partial charge on any atom is -0.376 e. The van der Waals surface area contributed by atoms with Crippen molar-refractivity contribution in [2.24, 2.45) is 5.73 Å². The molecule has 0 unspecified atom stereocenters. The van der Waals surface area contributed by atoms with Crippen molar-refractivity contribution in [3.8, 4) is 0 Å². The van der Waals surface area contributed by atoms with E-state index in [9.17, 15) is 0 Å². The van der Waals surface area contributed by atoms with Crippen molar-refractivity contribution in [2.45, 2.75) is 19.1 Å². The Hall–Kier alpha value is -0.900. The molecule has 1 aromatic rings. The molecule has 0 aliphatic carbocycles. The summed E-state index contributed by atoms with van der Waals surface area (Å²) in [6.07, 6.45) is 1.51. The average Bonchev–Trinajstić information content (AvgIpc) is 2.75. The second-order valence-corrected chi connectivity index (χ2v) is 4.29. The molecule has 1 aliphatic rings. The Morgan fingerprint density at radius 2 is 2.12 bits per heavy atom. The summed E-state index contributed by atoms with van der Waals surface area (Å²) in [7, 11) is 0. The molecule has 0 radical (unpaired) electrons. The van der Waals surface area contributed by atoms with E-state index in [1.54, 1.807) is 0 Å². The molecule has 0 amide bonds. The quantitative estimate of drug-likeness (QED) is 0.811. The van der Waals surface area contributed by atoms with Crippen LogP contribution in [0.2, 0.25) is 0 Å². The highest BCUT2D eigenvalue weighted by molar-refractivity contribution is 5.14. The van der Waals surface area contributed by atoms with Gasteiger partial charge in [-0.25, -0.2) is 0 Å². The average molecular weight is 220 g/mol. The van der Waals surface area contributed by atoms with Crippen molar-refractivity contribution in [3.05, 3.63) is 35.9 Å². The third kappa shape index (κ3) is 3.30. The lowest BCUT2D eigenvalue weighted by atomic mass is 10.2. The highest BCUT2D eigenvalue weighted by atomic mass is 16.5. The predicted molar refractivity (Wildman–Crippen MR) is 65.1 cm³/mol. The van der Waals surface area contributed by atoms with Gasteiger partial charge >= 0.3 is 0 Å². The fourth-order valence-electron chi connectivity index (χ4n) is 2.15. The fourth-order valence-corrected chi connectivity index (χ4v) is 2.15. The first-order chi connectivity index (χ1) is 7.88. The summed E-state index contributed by atoms with van der Waals surface area (Å²) in [4.78, 5) is 2.44. The van der Waals surface area contributed by atoms with Gasteiger partial charge in [0.05, 0.1) is 12.7 Å². The molecular formula is C13H20N2O. The van der Waals surface area contributed by atoms with Gasteiger partial charge < -0.3 is 10.5 Å². The van der Waals surface area contributed by atoms with Crippen LogP contribution in [0.5, 0.6) is 0 Å². The van der Waals surface area contributed by atoms with Gasteiger partial charge in [-0.1, -0.05) is 30.3 Å². The minimum atomic E-state index is 0.382. The van der Waals surface area contributed by atoms with E-state index < -0.39 is 0 Å². The van der Waals surface area contributed by atoms with Crippen LogP contribution in [0.4, 0.5) is 0 Å². The van der Waals surface area contributed by atoms with Crippen LogP contribution in [0.15, 0.2) is 30.3 Å². The SMILES string of the molecule is NCCO[C@H]1CCN(Cc2ccccc2)C1. The van der Waals surface area contributed by atoms with Crippen molar-refractivity contribution in [3.63, 3.8) is 0 Å². The number of nitrogens with two attached hydrogens (primary N) is 1. The molecule has 1 saturated heterocycles.